The molecule has 5 heterocycles. The number of hydrogen-bond acceptors (Lipinski definition) is 13. The average molecular weight is 838 g/mol. The Morgan fingerprint density at radius 3 is 2.46 bits per heavy atom. The van der Waals surface area contributed by atoms with E-state index in [2.05, 4.69) is 53.5 Å². The molecule has 310 valence electrons. The van der Waals surface area contributed by atoms with Crippen molar-refractivity contribution in [3.8, 4) is 29.0 Å². The number of carbonyl (C=O) groups is 7. The minimum atomic E-state index is -4.47. The molecule has 0 spiro atoms. The van der Waals surface area contributed by atoms with Crippen LogP contribution in [0.1, 0.15) is 64.9 Å². The average Bonchev–Trinajstić information content (AvgIpc) is 3.96. The summed E-state index contributed by atoms with van der Waals surface area (Å²) in [7, 11) is 0. The van der Waals surface area contributed by atoms with Crippen molar-refractivity contribution < 1.29 is 51.2 Å². The van der Waals surface area contributed by atoms with Gasteiger partial charge in [-0.2, -0.15) is 18.3 Å². The second-order valence-electron chi connectivity index (χ2n) is 13.2. The maximum Gasteiger partial charge on any atom is 0.405 e. The molecular weight excluding hydrogens is 807 g/mol. The van der Waals surface area contributed by atoms with Gasteiger partial charge in [-0.3, -0.25) is 43.8 Å². The van der Waals surface area contributed by atoms with Crippen LogP contribution in [0.15, 0.2) is 77.7 Å². The number of carbonyl (C=O) groups excluding carboxylic acids is 7. The molecule has 22 heteroatoms. The quantitative estimate of drug-likeness (QED) is 0.0780. The smallest absolute Gasteiger partial charge is 0.405 e. The highest BCUT2D eigenvalue weighted by molar-refractivity contribution is 6.25. The van der Waals surface area contributed by atoms with Gasteiger partial charge in [0.15, 0.2) is 11.4 Å². The molecule has 7 N–H and O–H groups in total. The molecule has 19 nitrogen and oxygen atoms in total. The van der Waals surface area contributed by atoms with Crippen molar-refractivity contribution in [2.45, 2.75) is 25.1 Å². The lowest BCUT2D eigenvalue weighted by atomic mass is 10.0. The summed E-state index contributed by atoms with van der Waals surface area (Å²) in [5.41, 5.74) is 6.30. The highest BCUT2D eigenvalue weighted by Crippen LogP contribution is 2.32. The van der Waals surface area contributed by atoms with Crippen molar-refractivity contribution in [3.63, 3.8) is 0 Å². The molecule has 5 aromatic rings. The van der Waals surface area contributed by atoms with Gasteiger partial charge in [-0.1, -0.05) is 17.9 Å². The van der Waals surface area contributed by atoms with E-state index in [1.54, 1.807) is 12.1 Å². The summed E-state index contributed by atoms with van der Waals surface area (Å²) in [6.45, 7) is -1.32. The van der Waals surface area contributed by atoms with Crippen LogP contribution < -0.4 is 32.3 Å². The lowest BCUT2D eigenvalue weighted by Gasteiger charge is -2.27. The number of halogens is 3. The maximum atomic E-state index is 13.3. The molecule has 2 aromatic carbocycles. The molecule has 2 aliphatic rings. The zero-order valence-electron chi connectivity index (χ0n) is 31.3. The van der Waals surface area contributed by atoms with Crippen molar-refractivity contribution in [3.05, 3.63) is 101 Å². The molecule has 1 unspecified atom stereocenters. The Morgan fingerprint density at radius 2 is 1.72 bits per heavy atom. The lowest BCUT2D eigenvalue weighted by molar-refractivity contribution is -0.136. The van der Waals surface area contributed by atoms with Gasteiger partial charge in [0.05, 0.1) is 41.8 Å². The molecule has 1 fully saturated rings. The zero-order valence-corrected chi connectivity index (χ0v) is 31.3. The van der Waals surface area contributed by atoms with Gasteiger partial charge in [0, 0.05) is 29.4 Å². The lowest BCUT2D eigenvalue weighted by Crippen LogP contribution is -2.54. The second-order valence-corrected chi connectivity index (χ2v) is 13.2. The molecule has 0 radical (unpaired) electrons. The maximum absolute atomic E-state index is 13.3. The number of oxazole rings is 1. The molecule has 2 aliphatic heterocycles. The van der Waals surface area contributed by atoms with E-state index in [0.29, 0.717) is 11.4 Å². The van der Waals surface area contributed by atoms with Crippen LogP contribution in [0.25, 0.3) is 17.1 Å². The van der Waals surface area contributed by atoms with E-state index in [-0.39, 0.29) is 77.0 Å². The number of amides is 7. The first-order valence-electron chi connectivity index (χ1n) is 18.0. The minimum absolute atomic E-state index is 0.00211. The first-order chi connectivity index (χ1) is 29.2. The molecule has 0 aliphatic carbocycles. The Hall–Kier alpha value is -8.35. The molecule has 1 atom stereocenters. The van der Waals surface area contributed by atoms with Crippen LogP contribution in [0.5, 0.6) is 0 Å². The number of nitrogens with two attached hydrogens (primary N) is 1. The predicted molar refractivity (Wildman–Crippen MR) is 206 cm³/mol. The van der Waals surface area contributed by atoms with E-state index < -0.39 is 60.1 Å². The Labute approximate surface area is 341 Å². The highest BCUT2D eigenvalue weighted by atomic mass is 19.4. The van der Waals surface area contributed by atoms with Crippen molar-refractivity contribution in [1.82, 2.24) is 35.3 Å². The number of rotatable bonds is 12. The van der Waals surface area contributed by atoms with Gasteiger partial charge >= 0.3 is 6.18 Å². The summed E-state index contributed by atoms with van der Waals surface area (Å²) in [5.74, 6) is 0.679. The van der Waals surface area contributed by atoms with Gasteiger partial charge in [0.2, 0.25) is 17.7 Å². The van der Waals surface area contributed by atoms with Crippen LogP contribution in [-0.2, 0) is 9.59 Å². The van der Waals surface area contributed by atoms with Crippen LogP contribution in [0, 0.1) is 11.8 Å². The number of imide groups is 2. The van der Waals surface area contributed by atoms with Crippen LogP contribution in [0.2, 0.25) is 0 Å². The highest BCUT2D eigenvalue weighted by Gasteiger charge is 2.45. The van der Waals surface area contributed by atoms with E-state index in [1.165, 1.54) is 59.5 Å². The van der Waals surface area contributed by atoms with Gasteiger partial charge in [0.1, 0.15) is 24.7 Å². The second kappa shape index (κ2) is 16.9. The van der Waals surface area contributed by atoms with E-state index in [1.807, 2.05) is 0 Å². The first-order valence-corrected chi connectivity index (χ1v) is 18.0. The zero-order chi connectivity index (χ0) is 43.4. The molecule has 7 amide bonds. The number of anilines is 3. The fourth-order valence-corrected chi connectivity index (χ4v) is 6.25. The van der Waals surface area contributed by atoms with Crippen LogP contribution >= 0.6 is 0 Å². The van der Waals surface area contributed by atoms with Crippen molar-refractivity contribution >= 4 is 58.5 Å². The van der Waals surface area contributed by atoms with E-state index in [0.717, 1.165) is 11.2 Å². The standard InChI is InChI=1S/C39H30F3N11O8/c40-39(41,42)19-47-28-16-21(12-15-45-28)36-49-26(18-61-36)34(57)48-25-17-52(51-31(25)32(43)55)22-8-6-20(7-9-22)33(56)46-14-2-1-13-44-24-5-3-4-23-30(24)38(60)53(37(23)59)27-10-11-29(54)50-35(27)58/h3-9,12,15-18,27,44H,10-11,13-14,19H2,(H2,43,55)(H,45,47)(H,46,56)(H,48,57)(H,50,54,58). The molecule has 0 bridgehead atoms. The third kappa shape index (κ3) is 9.04. The molecule has 0 saturated carbocycles. The van der Waals surface area contributed by atoms with E-state index in [9.17, 15) is 46.7 Å². The Kier molecular flexibility index (Phi) is 11.3. The number of fused-ring (bicyclic) bond motifs is 1. The van der Waals surface area contributed by atoms with Crippen molar-refractivity contribution in [1.29, 1.82) is 0 Å². The number of alkyl halides is 3. The largest absolute Gasteiger partial charge is 0.444 e. The third-order valence-corrected chi connectivity index (χ3v) is 9.10. The summed E-state index contributed by atoms with van der Waals surface area (Å²) in [6.07, 6.45) is -0.887. The van der Waals surface area contributed by atoms with Crippen LogP contribution in [0.4, 0.5) is 30.4 Å². The first kappa shape index (κ1) is 40.8. The summed E-state index contributed by atoms with van der Waals surface area (Å²) < 4.78 is 44.4. The third-order valence-electron chi connectivity index (χ3n) is 9.10. The number of benzene rings is 2. The fourth-order valence-electron chi connectivity index (χ4n) is 6.25. The summed E-state index contributed by atoms with van der Waals surface area (Å²) in [4.78, 5) is 97.1. The predicted octanol–water partition coefficient (Wildman–Crippen LogP) is 2.49. The van der Waals surface area contributed by atoms with Crippen molar-refractivity contribution in [2.24, 2.45) is 5.73 Å². The summed E-state index contributed by atoms with van der Waals surface area (Å²) in [6, 6.07) is 12.2. The number of hydrogen-bond donors (Lipinski definition) is 6. The van der Waals surface area contributed by atoms with Crippen LogP contribution in [0.3, 0.4) is 0 Å². The normalized spacial score (nSPS) is 14.7. The molecule has 7 rings (SSSR count). The molecule has 61 heavy (non-hydrogen) atoms. The number of nitrogens with zero attached hydrogens (tertiary/aromatic N) is 5. The molecule has 1 saturated heterocycles. The number of primary amides is 1. The SMILES string of the molecule is NC(=O)c1nn(-c2ccc(C(=O)NCC#CCNc3cccc4c3C(=O)N(C3CCC(=O)NC3=O)C4=O)cc2)cc1NC(=O)c1coc(-c2ccnc(NCC(F)(F)F)c2)n1. The van der Waals surface area contributed by atoms with Gasteiger partial charge in [-0.05, 0) is 55.0 Å². The number of piperidine rings is 1. The Balaban J connectivity index is 0.926. The molecule has 3 aromatic heterocycles. The van der Waals surface area contributed by atoms with Gasteiger partial charge in [-0.25, -0.2) is 14.6 Å². The van der Waals surface area contributed by atoms with E-state index >= 15 is 0 Å². The number of pyridine rings is 1. The molecular formula is C39H30F3N11O8. The number of aromatic nitrogens is 4. The van der Waals surface area contributed by atoms with Crippen molar-refractivity contribution in [2.75, 3.05) is 35.6 Å². The Bertz CT molecular complexity index is 2680. The number of nitrogens with one attached hydrogen (secondary N) is 5. The Morgan fingerprint density at radius 1 is 0.951 bits per heavy atom. The van der Waals surface area contributed by atoms with Gasteiger partial charge in [-0.15, -0.1) is 0 Å². The topological polar surface area (TPSA) is 266 Å². The van der Waals surface area contributed by atoms with Crippen LogP contribution in [-0.4, -0.2) is 97.9 Å². The van der Waals surface area contributed by atoms with Gasteiger partial charge in [0.25, 0.3) is 29.5 Å². The van der Waals surface area contributed by atoms with E-state index in [4.69, 9.17) is 10.2 Å². The minimum Gasteiger partial charge on any atom is -0.444 e. The summed E-state index contributed by atoms with van der Waals surface area (Å²) in [5, 5.41) is 16.6. The van der Waals surface area contributed by atoms with Gasteiger partial charge < -0.3 is 31.4 Å². The monoisotopic (exact) mass is 837 g/mol. The summed E-state index contributed by atoms with van der Waals surface area (Å²) >= 11 is 0. The fraction of sp³-hybridized carbons (Fsp3) is 0.179.